The van der Waals surface area contributed by atoms with Crippen molar-refractivity contribution in [1.29, 1.82) is 0 Å². The van der Waals surface area contributed by atoms with Gasteiger partial charge in [-0.05, 0) is 51.4 Å². The molecule has 4 heteroatoms. The molecule has 0 amide bonds. The van der Waals surface area contributed by atoms with Crippen LogP contribution in [0.5, 0.6) is 0 Å². The van der Waals surface area contributed by atoms with E-state index in [1.807, 2.05) is 0 Å². The van der Waals surface area contributed by atoms with Gasteiger partial charge in [0, 0.05) is 12.8 Å². The Hall–Kier alpha value is -1.32. The molecule has 0 heterocycles. The minimum Gasteiger partial charge on any atom is -0.481 e. The lowest BCUT2D eigenvalue weighted by molar-refractivity contribution is -0.151. The quantitative estimate of drug-likeness (QED) is 0.0602. The van der Waals surface area contributed by atoms with Crippen molar-refractivity contribution in [2.24, 2.45) is 0 Å². The Bertz CT molecular complexity index is 528. The zero-order valence-electron chi connectivity index (χ0n) is 24.8. The van der Waals surface area contributed by atoms with Crippen molar-refractivity contribution < 1.29 is 19.4 Å². The van der Waals surface area contributed by atoms with Gasteiger partial charge in [0.25, 0.3) is 0 Å². The van der Waals surface area contributed by atoms with Gasteiger partial charge in [-0.25, -0.2) is 0 Å². The standard InChI is InChI=1S/C33H62O4/c1-3-5-7-9-11-13-14-15-16-17-18-20-22-24-26-28-33(36)37-31(29-30-32(34)35)27-25-23-21-19-12-10-8-6-4-2/h15-16,31H,3-14,17-30H2,1-2H3,(H,34,35)/b16-15-. The summed E-state index contributed by atoms with van der Waals surface area (Å²) in [5.41, 5.74) is 0. The molecule has 1 atom stereocenters. The van der Waals surface area contributed by atoms with Gasteiger partial charge < -0.3 is 9.84 Å². The van der Waals surface area contributed by atoms with Crippen molar-refractivity contribution in [2.45, 2.75) is 187 Å². The van der Waals surface area contributed by atoms with Crippen LogP contribution in [0.25, 0.3) is 0 Å². The number of rotatable bonds is 29. The van der Waals surface area contributed by atoms with E-state index in [2.05, 4.69) is 26.0 Å². The summed E-state index contributed by atoms with van der Waals surface area (Å²) in [6, 6.07) is 0. The highest BCUT2D eigenvalue weighted by Crippen LogP contribution is 2.17. The zero-order valence-corrected chi connectivity index (χ0v) is 24.8. The van der Waals surface area contributed by atoms with Crippen LogP contribution in [-0.2, 0) is 14.3 Å². The minimum absolute atomic E-state index is 0.0722. The number of aliphatic carboxylic acids is 1. The summed E-state index contributed by atoms with van der Waals surface area (Å²) in [6.45, 7) is 4.50. The largest absolute Gasteiger partial charge is 0.481 e. The second kappa shape index (κ2) is 29.2. The van der Waals surface area contributed by atoms with Gasteiger partial charge in [0.1, 0.15) is 6.10 Å². The topological polar surface area (TPSA) is 63.6 Å². The van der Waals surface area contributed by atoms with Crippen LogP contribution in [-0.4, -0.2) is 23.1 Å². The molecule has 1 unspecified atom stereocenters. The lowest BCUT2D eigenvalue weighted by Gasteiger charge is -2.17. The van der Waals surface area contributed by atoms with Crippen molar-refractivity contribution in [3.05, 3.63) is 12.2 Å². The van der Waals surface area contributed by atoms with E-state index in [1.54, 1.807) is 0 Å². The predicted octanol–water partition coefficient (Wildman–Crippen LogP) is 10.7. The smallest absolute Gasteiger partial charge is 0.306 e. The van der Waals surface area contributed by atoms with Crippen LogP contribution in [0, 0.1) is 0 Å². The molecule has 0 aliphatic carbocycles. The third kappa shape index (κ3) is 29.1. The fourth-order valence-corrected chi connectivity index (χ4v) is 4.81. The number of esters is 1. The molecule has 37 heavy (non-hydrogen) atoms. The first kappa shape index (κ1) is 35.7. The molecule has 0 saturated carbocycles. The summed E-state index contributed by atoms with van der Waals surface area (Å²) in [7, 11) is 0. The Balaban J connectivity index is 3.76. The van der Waals surface area contributed by atoms with E-state index in [-0.39, 0.29) is 18.5 Å². The van der Waals surface area contributed by atoms with Crippen LogP contribution >= 0.6 is 0 Å². The maximum absolute atomic E-state index is 12.3. The molecule has 0 fully saturated rings. The molecule has 4 nitrogen and oxygen atoms in total. The second-order valence-electron chi connectivity index (χ2n) is 11.0. The van der Waals surface area contributed by atoms with Crippen LogP contribution in [0.3, 0.4) is 0 Å². The first-order chi connectivity index (χ1) is 18.1. The van der Waals surface area contributed by atoms with E-state index in [0.29, 0.717) is 12.8 Å². The molecule has 0 aliphatic rings. The number of allylic oxidation sites excluding steroid dienone is 2. The number of ether oxygens (including phenoxy) is 1. The van der Waals surface area contributed by atoms with E-state index in [4.69, 9.17) is 9.84 Å². The lowest BCUT2D eigenvalue weighted by atomic mass is 10.0. The number of hydrogen-bond donors (Lipinski definition) is 1. The molecular formula is C33H62O4. The van der Waals surface area contributed by atoms with Crippen LogP contribution in [0.4, 0.5) is 0 Å². The highest BCUT2D eigenvalue weighted by molar-refractivity contribution is 5.69. The molecule has 0 spiro atoms. The number of unbranched alkanes of at least 4 members (excludes halogenated alkanes) is 19. The third-order valence-electron chi connectivity index (χ3n) is 7.25. The van der Waals surface area contributed by atoms with Crippen LogP contribution < -0.4 is 0 Å². The Morgan fingerprint density at radius 1 is 0.568 bits per heavy atom. The van der Waals surface area contributed by atoms with Gasteiger partial charge in [-0.2, -0.15) is 0 Å². The zero-order chi connectivity index (χ0) is 27.2. The summed E-state index contributed by atoms with van der Waals surface area (Å²) in [5, 5.41) is 9.03. The van der Waals surface area contributed by atoms with Gasteiger partial charge >= 0.3 is 11.9 Å². The second-order valence-corrected chi connectivity index (χ2v) is 11.0. The van der Waals surface area contributed by atoms with Crippen LogP contribution in [0.1, 0.15) is 181 Å². The monoisotopic (exact) mass is 522 g/mol. The molecule has 0 aromatic rings. The molecule has 218 valence electrons. The summed E-state index contributed by atoms with van der Waals surface area (Å²) in [6.07, 6.45) is 33.6. The number of carboxylic acids is 1. The molecule has 1 N–H and O–H groups in total. The fourth-order valence-electron chi connectivity index (χ4n) is 4.81. The fraction of sp³-hybridized carbons (Fsp3) is 0.879. The lowest BCUT2D eigenvalue weighted by Crippen LogP contribution is -2.19. The predicted molar refractivity (Wildman–Crippen MR) is 158 cm³/mol. The van der Waals surface area contributed by atoms with E-state index in [9.17, 15) is 9.59 Å². The number of carbonyl (C=O) groups is 2. The van der Waals surface area contributed by atoms with Crippen molar-refractivity contribution in [3.63, 3.8) is 0 Å². The maximum atomic E-state index is 12.3. The Morgan fingerprint density at radius 3 is 1.49 bits per heavy atom. The van der Waals surface area contributed by atoms with E-state index < -0.39 is 5.97 Å². The Morgan fingerprint density at radius 2 is 1.00 bits per heavy atom. The van der Waals surface area contributed by atoms with Crippen LogP contribution in [0.15, 0.2) is 12.2 Å². The Labute approximate surface area is 230 Å². The highest BCUT2D eigenvalue weighted by Gasteiger charge is 2.15. The first-order valence-corrected chi connectivity index (χ1v) is 16.2. The summed E-state index contributed by atoms with van der Waals surface area (Å²) in [5.74, 6) is -0.964. The van der Waals surface area contributed by atoms with E-state index >= 15 is 0 Å². The SMILES string of the molecule is CCCCCCCC/C=C\CCCCCCCC(=O)OC(CCCCCCCCCCC)CCC(=O)O. The van der Waals surface area contributed by atoms with Gasteiger partial charge in [0.2, 0.25) is 0 Å². The maximum Gasteiger partial charge on any atom is 0.306 e. The molecule has 0 saturated heterocycles. The molecule has 0 aromatic carbocycles. The third-order valence-corrected chi connectivity index (χ3v) is 7.25. The average Bonchev–Trinajstić information content (AvgIpc) is 2.88. The van der Waals surface area contributed by atoms with Crippen LogP contribution in [0.2, 0.25) is 0 Å². The number of carboxylic acid groups (broad SMARTS) is 1. The minimum atomic E-state index is -0.814. The number of carbonyl (C=O) groups excluding carboxylic acids is 1. The first-order valence-electron chi connectivity index (χ1n) is 16.2. The highest BCUT2D eigenvalue weighted by atomic mass is 16.5. The van der Waals surface area contributed by atoms with Crippen molar-refractivity contribution in [1.82, 2.24) is 0 Å². The summed E-state index contributed by atoms with van der Waals surface area (Å²) >= 11 is 0. The van der Waals surface area contributed by atoms with Gasteiger partial charge in [-0.3, -0.25) is 9.59 Å². The summed E-state index contributed by atoms with van der Waals surface area (Å²) in [4.78, 5) is 23.3. The van der Waals surface area contributed by atoms with Gasteiger partial charge in [-0.1, -0.05) is 129 Å². The molecule has 0 radical (unpaired) electrons. The summed E-state index contributed by atoms with van der Waals surface area (Å²) < 4.78 is 5.68. The molecule has 0 aliphatic heterocycles. The Kier molecular flexibility index (Phi) is 28.2. The normalized spacial score (nSPS) is 12.3. The molecular weight excluding hydrogens is 460 g/mol. The van der Waals surface area contributed by atoms with Gasteiger partial charge in [0.05, 0.1) is 0 Å². The van der Waals surface area contributed by atoms with Gasteiger partial charge in [0.15, 0.2) is 0 Å². The van der Waals surface area contributed by atoms with Crippen molar-refractivity contribution >= 4 is 11.9 Å². The van der Waals surface area contributed by atoms with E-state index in [1.165, 1.54) is 116 Å². The molecule has 0 rings (SSSR count). The number of hydrogen-bond acceptors (Lipinski definition) is 3. The van der Waals surface area contributed by atoms with Gasteiger partial charge in [-0.15, -0.1) is 0 Å². The van der Waals surface area contributed by atoms with Crippen molar-refractivity contribution in [3.8, 4) is 0 Å². The average molecular weight is 523 g/mol. The van der Waals surface area contributed by atoms with E-state index in [0.717, 1.165) is 32.1 Å². The molecule has 0 bridgehead atoms. The molecule has 0 aromatic heterocycles. The van der Waals surface area contributed by atoms with Crippen molar-refractivity contribution in [2.75, 3.05) is 0 Å².